The topological polar surface area (TPSA) is 52.0 Å². The fourth-order valence-corrected chi connectivity index (χ4v) is 6.18. The number of nitrogens with two attached hydrogens (primary N) is 2. The van der Waals surface area contributed by atoms with Crippen molar-refractivity contribution in [2.24, 2.45) is 0 Å². The van der Waals surface area contributed by atoms with Crippen LogP contribution in [0.4, 0.5) is 11.4 Å². The van der Waals surface area contributed by atoms with Gasteiger partial charge in [-0.2, -0.15) is 0 Å². The molecule has 0 saturated carbocycles. The molecule has 0 radical (unpaired) electrons. The molecular formula is C42H32N2. The number of rotatable bonds is 6. The third-order valence-corrected chi connectivity index (χ3v) is 8.13. The number of benzene rings is 7. The molecule has 0 bridgehead atoms. The van der Waals surface area contributed by atoms with Crippen molar-refractivity contribution in [2.45, 2.75) is 0 Å². The lowest BCUT2D eigenvalue weighted by Crippen LogP contribution is -2.00. The maximum absolute atomic E-state index is 6.47. The highest BCUT2D eigenvalue weighted by atomic mass is 14.5. The van der Waals surface area contributed by atoms with Crippen LogP contribution < -0.4 is 11.5 Å². The predicted molar refractivity (Wildman–Crippen MR) is 188 cm³/mol. The van der Waals surface area contributed by atoms with Crippen molar-refractivity contribution in [2.75, 3.05) is 11.5 Å². The van der Waals surface area contributed by atoms with Gasteiger partial charge in [0.15, 0.2) is 0 Å². The van der Waals surface area contributed by atoms with E-state index in [1.165, 1.54) is 22.3 Å². The molecule has 2 nitrogen and oxygen atoms in total. The lowest BCUT2D eigenvalue weighted by molar-refractivity contribution is 1.52. The minimum Gasteiger partial charge on any atom is -0.399 e. The number of anilines is 2. The summed E-state index contributed by atoms with van der Waals surface area (Å²) in [5.41, 5.74) is 27.8. The van der Waals surface area contributed by atoms with Crippen LogP contribution in [0.3, 0.4) is 0 Å². The quantitative estimate of drug-likeness (QED) is 0.197. The van der Waals surface area contributed by atoms with Crippen molar-refractivity contribution in [1.29, 1.82) is 0 Å². The van der Waals surface area contributed by atoms with Crippen LogP contribution in [0, 0.1) is 0 Å². The van der Waals surface area contributed by atoms with Gasteiger partial charge >= 0.3 is 0 Å². The molecule has 0 heterocycles. The van der Waals surface area contributed by atoms with E-state index in [0.29, 0.717) is 11.4 Å². The standard InChI is InChI=1S/C42H32N2/c43-34-23-13-22-33(26-34)37-27-35(44)24-25-36(37)42-39(30-16-7-2-8-17-30)28-38(29-14-5-1-6-15-29)40(31-18-9-3-10-19-31)41(42)32-20-11-4-12-21-32/h1-28H,43-44H2. The average molecular weight is 565 g/mol. The molecule has 0 aliphatic heterocycles. The Balaban J connectivity index is 1.71. The number of hydrogen-bond acceptors (Lipinski definition) is 2. The summed E-state index contributed by atoms with van der Waals surface area (Å²) in [6.45, 7) is 0. The Morgan fingerprint density at radius 3 is 1.25 bits per heavy atom. The largest absolute Gasteiger partial charge is 0.399 e. The zero-order valence-corrected chi connectivity index (χ0v) is 24.3. The summed E-state index contributed by atoms with van der Waals surface area (Å²) < 4.78 is 0. The molecule has 0 spiro atoms. The maximum atomic E-state index is 6.47. The van der Waals surface area contributed by atoms with Crippen LogP contribution in [-0.4, -0.2) is 0 Å². The van der Waals surface area contributed by atoms with Crippen LogP contribution in [-0.2, 0) is 0 Å². The zero-order valence-electron chi connectivity index (χ0n) is 24.3. The molecule has 7 aromatic carbocycles. The van der Waals surface area contributed by atoms with Gasteiger partial charge in [0, 0.05) is 11.4 Å². The Bertz CT molecular complexity index is 2050. The molecule has 0 aliphatic carbocycles. The Labute approximate surface area is 258 Å². The molecule has 0 amide bonds. The number of nitrogen functional groups attached to an aromatic ring is 2. The summed E-state index contributed by atoms with van der Waals surface area (Å²) in [4.78, 5) is 0. The first-order valence-corrected chi connectivity index (χ1v) is 14.9. The van der Waals surface area contributed by atoms with Gasteiger partial charge in [0.25, 0.3) is 0 Å². The third-order valence-electron chi connectivity index (χ3n) is 8.13. The first-order chi connectivity index (χ1) is 21.7. The fraction of sp³-hybridized carbons (Fsp3) is 0. The van der Waals surface area contributed by atoms with Crippen molar-refractivity contribution in [1.82, 2.24) is 0 Å². The van der Waals surface area contributed by atoms with E-state index >= 15 is 0 Å². The van der Waals surface area contributed by atoms with Crippen LogP contribution >= 0.6 is 0 Å². The second-order valence-corrected chi connectivity index (χ2v) is 11.0. The van der Waals surface area contributed by atoms with Gasteiger partial charge in [0.2, 0.25) is 0 Å². The van der Waals surface area contributed by atoms with Gasteiger partial charge in [-0.1, -0.05) is 140 Å². The molecule has 44 heavy (non-hydrogen) atoms. The molecule has 0 aromatic heterocycles. The Kier molecular flexibility index (Phi) is 7.24. The number of hydrogen-bond donors (Lipinski definition) is 2. The van der Waals surface area contributed by atoms with Crippen molar-refractivity contribution in [3.63, 3.8) is 0 Å². The Morgan fingerprint density at radius 1 is 0.250 bits per heavy atom. The molecule has 0 atom stereocenters. The molecule has 0 saturated heterocycles. The van der Waals surface area contributed by atoms with E-state index in [0.717, 1.165) is 44.5 Å². The highest BCUT2D eigenvalue weighted by Crippen LogP contribution is 2.52. The molecule has 2 heteroatoms. The smallest absolute Gasteiger partial charge is 0.0320 e. The van der Waals surface area contributed by atoms with Gasteiger partial charge in [0.05, 0.1) is 0 Å². The highest BCUT2D eigenvalue weighted by molar-refractivity contribution is 6.09. The first-order valence-electron chi connectivity index (χ1n) is 14.9. The maximum Gasteiger partial charge on any atom is 0.0320 e. The molecule has 4 N–H and O–H groups in total. The Hall–Kier alpha value is -5.86. The van der Waals surface area contributed by atoms with Crippen LogP contribution in [0.25, 0.3) is 66.8 Å². The summed E-state index contributed by atoms with van der Waals surface area (Å²) >= 11 is 0. The van der Waals surface area contributed by atoms with Gasteiger partial charge in [-0.05, 0) is 97.1 Å². The SMILES string of the molecule is Nc1cccc(-c2cc(N)ccc2-c2c(-c3ccccc3)cc(-c3ccccc3)c(-c3ccccc3)c2-c2ccccc2)c1. The monoisotopic (exact) mass is 564 g/mol. The van der Waals surface area contributed by atoms with Gasteiger partial charge in [-0.3, -0.25) is 0 Å². The summed E-state index contributed by atoms with van der Waals surface area (Å²) in [5.74, 6) is 0. The summed E-state index contributed by atoms with van der Waals surface area (Å²) in [7, 11) is 0. The lowest BCUT2D eigenvalue weighted by atomic mass is 9.77. The normalized spacial score (nSPS) is 10.9. The highest BCUT2D eigenvalue weighted by Gasteiger charge is 2.25. The summed E-state index contributed by atoms with van der Waals surface area (Å²) in [6, 6.07) is 59.5. The van der Waals surface area contributed by atoms with E-state index in [-0.39, 0.29) is 0 Å². The molecule has 210 valence electrons. The van der Waals surface area contributed by atoms with Crippen molar-refractivity contribution in [3.8, 4) is 66.8 Å². The van der Waals surface area contributed by atoms with Gasteiger partial charge < -0.3 is 11.5 Å². The van der Waals surface area contributed by atoms with E-state index in [2.05, 4.69) is 146 Å². The molecule has 7 rings (SSSR count). The van der Waals surface area contributed by atoms with Crippen LogP contribution in [0.15, 0.2) is 170 Å². The van der Waals surface area contributed by atoms with Gasteiger partial charge in [-0.15, -0.1) is 0 Å². The van der Waals surface area contributed by atoms with Gasteiger partial charge in [-0.25, -0.2) is 0 Å². The summed E-state index contributed by atoms with van der Waals surface area (Å²) in [5, 5.41) is 0. The van der Waals surface area contributed by atoms with E-state index < -0.39 is 0 Å². The molecule has 0 aliphatic rings. The van der Waals surface area contributed by atoms with Crippen molar-refractivity contribution in [3.05, 3.63) is 170 Å². The van der Waals surface area contributed by atoms with Crippen LogP contribution in [0.1, 0.15) is 0 Å². The van der Waals surface area contributed by atoms with Gasteiger partial charge in [0.1, 0.15) is 0 Å². The average Bonchev–Trinajstić information content (AvgIpc) is 3.09. The minimum atomic E-state index is 0.706. The van der Waals surface area contributed by atoms with E-state index in [1.54, 1.807) is 0 Å². The molecule has 0 fully saturated rings. The molecular weight excluding hydrogens is 532 g/mol. The predicted octanol–water partition coefficient (Wildman–Crippen LogP) is 10.9. The lowest BCUT2D eigenvalue weighted by Gasteiger charge is -2.26. The summed E-state index contributed by atoms with van der Waals surface area (Å²) in [6.07, 6.45) is 0. The fourth-order valence-electron chi connectivity index (χ4n) is 6.18. The molecule has 7 aromatic rings. The van der Waals surface area contributed by atoms with E-state index in [1.807, 2.05) is 24.3 Å². The van der Waals surface area contributed by atoms with Crippen LogP contribution in [0.5, 0.6) is 0 Å². The van der Waals surface area contributed by atoms with Crippen molar-refractivity contribution < 1.29 is 0 Å². The van der Waals surface area contributed by atoms with Crippen molar-refractivity contribution >= 4 is 11.4 Å². The van der Waals surface area contributed by atoms with E-state index in [9.17, 15) is 0 Å². The third kappa shape index (κ3) is 5.14. The first kappa shape index (κ1) is 27.0. The molecule has 0 unspecified atom stereocenters. The minimum absolute atomic E-state index is 0.706. The Morgan fingerprint density at radius 2 is 0.705 bits per heavy atom. The second kappa shape index (κ2) is 11.8. The zero-order chi connectivity index (χ0) is 29.9. The van der Waals surface area contributed by atoms with Crippen LogP contribution in [0.2, 0.25) is 0 Å². The second-order valence-electron chi connectivity index (χ2n) is 11.0. The van der Waals surface area contributed by atoms with E-state index in [4.69, 9.17) is 11.5 Å².